The van der Waals surface area contributed by atoms with Crippen LogP contribution in [0.3, 0.4) is 0 Å². The standard InChI is InChI=1S/C21H22N2O3S/c1-15-7-12-21(13-16(15)2)27(24,25)23-18-10-8-17(9-11-18)22-19-5-4-6-20(14-19)26-3/h4-14,22-23H,1-3H3. The topological polar surface area (TPSA) is 67.4 Å². The summed E-state index contributed by atoms with van der Waals surface area (Å²) in [5.74, 6) is 0.762. The summed E-state index contributed by atoms with van der Waals surface area (Å²) in [6.45, 7) is 3.85. The van der Waals surface area contributed by atoms with Gasteiger partial charge in [-0.25, -0.2) is 8.42 Å². The molecule has 0 bridgehead atoms. The van der Waals surface area contributed by atoms with Crippen molar-refractivity contribution >= 4 is 27.1 Å². The monoisotopic (exact) mass is 382 g/mol. The minimum Gasteiger partial charge on any atom is -0.497 e. The summed E-state index contributed by atoms with van der Waals surface area (Å²) in [7, 11) is -2.00. The molecule has 0 heterocycles. The Labute approximate surface area is 160 Å². The Hall–Kier alpha value is -2.99. The molecule has 27 heavy (non-hydrogen) atoms. The highest BCUT2D eigenvalue weighted by Crippen LogP contribution is 2.24. The van der Waals surface area contributed by atoms with Gasteiger partial charge in [0.1, 0.15) is 5.75 Å². The van der Waals surface area contributed by atoms with Crippen LogP contribution in [0.2, 0.25) is 0 Å². The van der Waals surface area contributed by atoms with Gasteiger partial charge < -0.3 is 10.1 Å². The molecular weight excluding hydrogens is 360 g/mol. The van der Waals surface area contributed by atoms with E-state index in [4.69, 9.17) is 4.74 Å². The van der Waals surface area contributed by atoms with Gasteiger partial charge >= 0.3 is 0 Å². The average molecular weight is 382 g/mol. The number of hydrogen-bond acceptors (Lipinski definition) is 4. The molecule has 0 aliphatic heterocycles. The quantitative estimate of drug-likeness (QED) is 0.639. The minimum atomic E-state index is -3.62. The number of methoxy groups -OCH3 is 1. The first-order valence-corrected chi connectivity index (χ1v) is 9.97. The smallest absolute Gasteiger partial charge is 0.261 e. The van der Waals surface area contributed by atoms with Gasteiger partial charge in [-0.1, -0.05) is 12.1 Å². The van der Waals surface area contributed by atoms with E-state index >= 15 is 0 Å². The van der Waals surface area contributed by atoms with Crippen molar-refractivity contribution in [3.05, 3.63) is 77.9 Å². The molecular formula is C21H22N2O3S. The van der Waals surface area contributed by atoms with Gasteiger partial charge in [0.05, 0.1) is 12.0 Å². The van der Waals surface area contributed by atoms with E-state index in [-0.39, 0.29) is 4.90 Å². The number of rotatable bonds is 6. The van der Waals surface area contributed by atoms with E-state index in [1.165, 1.54) is 0 Å². The molecule has 0 amide bonds. The van der Waals surface area contributed by atoms with Gasteiger partial charge in [0.2, 0.25) is 0 Å². The minimum absolute atomic E-state index is 0.254. The van der Waals surface area contributed by atoms with E-state index in [0.29, 0.717) is 5.69 Å². The van der Waals surface area contributed by atoms with Gasteiger partial charge in [-0.3, -0.25) is 4.72 Å². The zero-order chi connectivity index (χ0) is 19.4. The summed E-state index contributed by atoms with van der Waals surface area (Å²) in [4.78, 5) is 0.254. The van der Waals surface area contributed by atoms with Gasteiger partial charge in [0.25, 0.3) is 10.0 Å². The lowest BCUT2D eigenvalue weighted by atomic mass is 10.1. The van der Waals surface area contributed by atoms with E-state index in [1.54, 1.807) is 31.4 Å². The van der Waals surface area contributed by atoms with Crippen LogP contribution < -0.4 is 14.8 Å². The van der Waals surface area contributed by atoms with Crippen LogP contribution in [-0.2, 0) is 10.0 Å². The maximum absolute atomic E-state index is 12.6. The predicted octanol–water partition coefficient (Wildman–Crippen LogP) is 4.86. The molecule has 5 nitrogen and oxygen atoms in total. The highest BCUT2D eigenvalue weighted by Gasteiger charge is 2.14. The Morgan fingerprint density at radius 1 is 0.778 bits per heavy atom. The maximum Gasteiger partial charge on any atom is 0.261 e. The Morgan fingerprint density at radius 2 is 1.48 bits per heavy atom. The summed E-state index contributed by atoms with van der Waals surface area (Å²) < 4.78 is 33.0. The molecule has 0 spiro atoms. The first-order chi connectivity index (χ1) is 12.9. The molecule has 0 unspecified atom stereocenters. The van der Waals surface area contributed by atoms with E-state index in [2.05, 4.69) is 10.0 Å². The van der Waals surface area contributed by atoms with Crippen molar-refractivity contribution in [1.82, 2.24) is 0 Å². The van der Waals surface area contributed by atoms with Crippen molar-refractivity contribution in [2.45, 2.75) is 18.7 Å². The Bertz CT molecular complexity index is 1050. The zero-order valence-electron chi connectivity index (χ0n) is 15.5. The molecule has 0 radical (unpaired) electrons. The second kappa shape index (κ2) is 7.72. The Balaban J connectivity index is 1.74. The van der Waals surface area contributed by atoms with Gasteiger partial charge in [0.15, 0.2) is 0 Å². The fourth-order valence-corrected chi connectivity index (χ4v) is 3.73. The molecule has 6 heteroatoms. The lowest BCUT2D eigenvalue weighted by Gasteiger charge is -2.11. The molecule has 3 rings (SSSR count). The number of anilines is 3. The van der Waals surface area contributed by atoms with Gasteiger partial charge in [0, 0.05) is 23.1 Å². The molecule has 140 valence electrons. The van der Waals surface area contributed by atoms with E-state index in [9.17, 15) is 8.42 Å². The largest absolute Gasteiger partial charge is 0.497 e. The number of nitrogens with one attached hydrogen (secondary N) is 2. The molecule has 3 aromatic carbocycles. The number of benzene rings is 3. The van der Waals surface area contributed by atoms with Crippen molar-refractivity contribution in [1.29, 1.82) is 0 Å². The fraction of sp³-hybridized carbons (Fsp3) is 0.143. The van der Waals surface area contributed by atoms with Crippen molar-refractivity contribution < 1.29 is 13.2 Å². The van der Waals surface area contributed by atoms with Crippen molar-refractivity contribution in [3.8, 4) is 5.75 Å². The first kappa shape index (κ1) is 18.8. The van der Waals surface area contributed by atoms with Crippen LogP contribution in [0.4, 0.5) is 17.1 Å². The molecule has 0 saturated heterocycles. The maximum atomic E-state index is 12.6. The van der Waals surface area contributed by atoms with Crippen LogP contribution >= 0.6 is 0 Å². The summed E-state index contributed by atoms with van der Waals surface area (Å²) in [5.41, 5.74) is 4.23. The van der Waals surface area contributed by atoms with E-state index < -0.39 is 10.0 Å². The third-order valence-corrected chi connectivity index (χ3v) is 5.66. The number of hydrogen-bond donors (Lipinski definition) is 2. The number of aryl methyl sites for hydroxylation is 2. The summed E-state index contributed by atoms with van der Waals surface area (Å²) in [5, 5.41) is 3.26. The lowest BCUT2D eigenvalue weighted by Crippen LogP contribution is -2.13. The third-order valence-electron chi connectivity index (χ3n) is 4.28. The van der Waals surface area contributed by atoms with E-state index in [0.717, 1.165) is 28.3 Å². The Kier molecular flexibility index (Phi) is 5.37. The number of sulfonamides is 1. The first-order valence-electron chi connectivity index (χ1n) is 8.48. The van der Waals surface area contributed by atoms with Crippen LogP contribution in [-0.4, -0.2) is 15.5 Å². The zero-order valence-corrected chi connectivity index (χ0v) is 16.3. The highest BCUT2D eigenvalue weighted by atomic mass is 32.2. The molecule has 0 aliphatic rings. The molecule has 0 aromatic heterocycles. The molecule has 0 atom stereocenters. The summed E-state index contributed by atoms with van der Waals surface area (Å²) in [6, 6.07) is 19.8. The highest BCUT2D eigenvalue weighted by molar-refractivity contribution is 7.92. The number of ether oxygens (including phenoxy) is 1. The van der Waals surface area contributed by atoms with Crippen LogP contribution in [0.5, 0.6) is 5.75 Å². The van der Waals surface area contributed by atoms with Crippen LogP contribution in [0.15, 0.2) is 71.6 Å². The van der Waals surface area contributed by atoms with Crippen molar-refractivity contribution in [3.63, 3.8) is 0 Å². The molecule has 0 saturated carbocycles. The van der Waals surface area contributed by atoms with Crippen LogP contribution in [0.1, 0.15) is 11.1 Å². The molecule has 2 N–H and O–H groups in total. The SMILES string of the molecule is COc1cccc(Nc2ccc(NS(=O)(=O)c3ccc(C)c(C)c3)cc2)c1. The van der Waals surface area contributed by atoms with Crippen LogP contribution in [0, 0.1) is 13.8 Å². The summed E-state index contributed by atoms with van der Waals surface area (Å²) >= 11 is 0. The van der Waals surface area contributed by atoms with Crippen molar-refractivity contribution in [2.24, 2.45) is 0 Å². The average Bonchev–Trinajstić information content (AvgIpc) is 2.65. The normalized spacial score (nSPS) is 11.1. The lowest BCUT2D eigenvalue weighted by molar-refractivity contribution is 0.415. The summed E-state index contributed by atoms with van der Waals surface area (Å²) in [6.07, 6.45) is 0. The third kappa shape index (κ3) is 4.60. The molecule has 3 aromatic rings. The predicted molar refractivity (Wildman–Crippen MR) is 109 cm³/mol. The Morgan fingerprint density at radius 3 is 2.15 bits per heavy atom. The van der Waals surface area contributed by atoms with Gasteiger partial charge in [-0.05, 0) is 73.5 Å². The molecule has 0 aliphatic carbocycles. The van der Waals surface area contributed by atoms with E-state index in [1.807, 2.05) is 56.3 Å². The van der Waals surface area contributed by atoms with Gasteiger partial charge in [-0.15, -0.1) is 0 Å². The van der Waals surface area contributed by atoms with Gasteiger partial charge in [-0.2, -0.15) is 0 Å². The molecule has 0 fully saturated rings. The van der Waals surface area contributed by atoms with Crippen molar-refractivity contribution in [2.75, 3.05) is 17.1 Å². The second-order valence-corrected chi connectivity index (χ2v) is 7.97. The van der Waals surface area contributed by atoms with Crippen LogP contribution in [0.25, 0.3) is 0 Å². The fourth-order valence-electron chi connectivity index (χ4n) is 2.58. The second-order valence-electron chi connectivity index (χ2n) is 6.29.